The van der Waals surface area contributed by atoms with Crippen molar-refractivity contribution in [2.75, 3.05) is 6.54 Å². The second-order valence-electron chi connectivity index (χ2n) is 6.19. The molecule has 0 aliphatic carbocycles. The summed E-state index contributed by atoms with van der Waals surface area (Å²) in [6.07, 6.45) is 1.63. The smallest absolute Gasteiger partial charge is 0.247 e. The Labute approximate surface area is 143 Å². The number of rotatable bonds is 5. The number of aromatic amines is 1. The summed E-state index contributed by atoms with van der Waals surface area (Å²) in [5, 5.41) is 18.5. The van der Waals surface area contributed by atoms with Gasteiger partial charge in [0.2, 0.25) is 5.91 Å². The number of nitrogens with zero attached hydrogens (tertiary/aromatic N) is 4. The molecule has 3 rings (SSSR count). The van der Waals surface area contributed by atoms with Crippen molar-refractivity contribution in [3.63, 3.8) is 0 Å². The molecule has 0 saturated heterocycles. The topological polar surface area (TPSA) is 106 Å². The zero-order valence-electron chi connectivity index (χ0n) is 13.9. The normalized spacial score (nSPS) is 17.0. The van der Waals surface area contributed by atoms with Gasteiger partial charge in [-0.3, -0.25) is 15.0 Å². The Morgan fingerprint density at radius 1 is 1.52 bits per heavy atom. The van der Waals surface area contributed by atoms with Gasteiger partial charge in [0.15, 0.2) is 0 Å². The Hall–Kier alpha value is -2.81. The van der Waals surface area contributed by atoms with Crippen LogP contribution >= 0.6 is 0 Å². The van der Waals surface area contributed by atoms with Crippen LogP contribution in [-0.4, -0.2) is 32.6 Å². The predicted octanol–water partition coefficient (Wildman–Crippen LogP) is 2.86. The van der Waals surface area contributed by atoms with E-state index in [1.54, 1.807) is 22.6 Å². The summed E-state index contributed by atoms with van der Waals surface area (Å²) in [5.41, 5.74) is 3.53. The highest BCUT2D eigenvalue weighted by Gasteiger charge is 2.29. The Balaban J connectivity index is 1.82. The summed E-state index contributed by atoms with van der Waals surface area (Å²) in [6, 6.07) is 4.25. The standard InChI is InChI=1S/C16H19FN6O2/c1-9(2)15(16-18-12-5-3-10(17)7-13(12)19-16)23-8-11(20-22-23)4-6-14(24)21-25/h3-5,7,9,15,25H,6,8H2,1-2H3,(H,18,19)(H,21,24)/b11-4-. The van der Waals surface area contributed by atoms with E-state index < -0.39 is 5.91 Å². The maximum atomic E-state index is 13.4. The second kappa shape index (κ2) is 6.98. The zero-order chi connectivity index (χ0) is 18.0. The summed E-state index contributed by atoms with van der Waals surface area (Å²) in [4.78, 5) is 18.8. The minimum absolute atomic E-state index is 0.0228. The monoisotopic (exact) mass is 346 g/mol. The molecular formula is C16H19FN6O2. The first kappa shape index (κ1) is 17.0. The highest BCUT2D eigenvalue weighted by molar-refractivity contribution is 5.76. The van der Waals surface area contributed by atoms with Crippen LogP contribution in [-0.2, 0) is 4.79 Å². The van der Waals surface area contributed by atoms with Crippen molar-refractivity contribution in [3.05, 3.63) is 41.6 Å². The maximum Gasteiger partial charge on any atom is 0.247 e. The molecule has 0 spiro atoms. The Morgan fingerprint density at radius 3 is 3.04 bits per heavy atom. The number of hydrogen-bond acceptors (Lipinski definition) is 6. The number of carbonyl (C=O) groups excluding carboxylic acids is 1. The van der Waals surface area contributed by atoms with Crippen LogP contribution in [0.25, 0.3) is 11.0 Å². The van der Waals surface area contributed by atoms with Crippen LogP contribution in [0.3, 0.4) is 0 Å². The molecule has 3 N–H and O–H groups in total. The van der Waals surface area contributed by atoms with Crippen LogP contribution in [0.15, 0.2) is 40.3 Å². The number of halogens is 1. The molecule has 8 nitrogen and oxygen atoms in total. The van der Waals surface area contributed by atoms with E-state index >= 15 is 0 Å². The van der Waals surface area contributed by atoms with Crippen molar-refractivity contribution in [2.45, 2.75) is 26.3 Å². The first-order chi connectivity index (χ1) is 12.0. The third-order valence-electron chi connectivity index (χ3n) is 3.95. The molecule has 1 unspecified atom stereocenters. The summed E-state index contributed by atoms with van der Waals surface area (Å²) >= 11 is 0. The van der Waals surface area contributed by atoms with Gasteiger partial charge in [0, 0.05) is 6.42 Å². The van der Waals surface area contributed by atoms with E-state index in [9.17, 15) is 9.18 Å². The van der Waals surface area contributed by atoms with E-state index in [0.717, 1.165) is 0 Å². The first-order valence-electron chi connectivity index (χ1n) is 7.93. The van der Waals surface area contributed by atoms with E-state index in [1.807, 2.05) is 13.8 Å². The summed E-state index contributed by atoms with van der Waals surface area (Å²) in [6.45, 7) is 4.50. The third-order valence-corrected chi connectivity index (χ3v) is 3.95. The molecule has 1 amide bonds. The minimum atomic E-state index is -0.513. The van der Waals surface area contributed by atoms with E-state index in [1.165, 1.54) is 12.1 Å². The van der Waals surface area contributed by atoms with E-state index in [0.29, 0.717) is 29.1 Å². The lowest BCUT2D eigenvalue weighted by molar-refractivity contribution is -0.128. The maximum absolute atomic E-state index is 13.4. The lowest BCUT2D eigenvalue weighted by Gasteiger charge is -2.26. The molecule has 0 radical (unpaired) electrons. The number of amides is 1. The number of imidazole rings is 1. The Kier molecular flexibility index (Phi) is 4.75. The van der Waals surface area contributed by atoms with Crippen LogP contribution in [0.4, 0.5) is 4.39 Å². The third kappa shape index (κ3) is 3.66. The van der Waals surface area contributed by atoms with Gasteiger partial charge >= 0.3 is 0 Å². The second-order valence-corrected chi connectivity index (χ2v) is 6.19. The SMILES string of the molecule is CC(C)C(c1nc2ccc(F)cc2[nH]1)N1C/C(=C/CC(=O)NO)N=N1. The molecule has 0 bridgehead atoms. The van der Waals surface area contributed by atoms with Crippen LogP contribution in [0.5, 0.6) is 0 Å². The predicted molar refractivity (Wildman–Crippen MR) is 87.8 cm³/mol. The fraction of sp³-hybridized carbons (Fsp3) is 0.375. The van der Waals surface area contributed by atoms with Crippen molar-refractivity contribution < 1.29 is 14.4 Å². The number of carbonyl (C=O) groups is 1. The molecule has 132 valence electrons. The van der Waals surface area contributed by atoms with Gasteiger partial charge in [0.05, 0.1) is 23.3 Å². The van der Waals surface area contributed by atoms with E-state index in [2.05, 4.69) is 20.3 Å². The van der Waals surface area contributed by atoms with Crippen LogP contribution in [0.2, 0.25) is 0 Å². The highest BCUT2D eigenvalue weighted by Crippen LogP contribution is 2.32. The van der Waals surface area contributed by atoms with Gasteiger partial charge in [-0.15, -0.1) is 5.11 Å². The molecule has 0 saturated carbocycles. The molecule has 2 heterocycles. The van der Waals surface area contributed by atoms with Gasteiger partial charge < -0.3 is 4.98 Å². The fourth-order valence-corrected chi connectivity index (χ4v) is 2.80. The molecular weight excluding hydrogens is 327 g/mol. The van der Waals surface area contributed by atoms with Gasteiger partial charge in [0.1, 0.15) is 17.7 Å². The van der Waals surface area contributed by atoms with Crippen molar-refractivity contribution in [1.82, 2.24) is 20.5 Å². The summed E-state index contributed by atoms with van der Waals surface area (Å²) in [7, 11) is 0. The molecule has 9 heteroatoms. The van der Waals surface area contributed by atoms with Crippen LogP contribution < -0.4 is 5.48 Å². The lowest BCUT2D eigenvalue weighted by atomic mass is 10.0. The molecule has 1 atom stereocenters. The quantitative estimate of drug-likeness (QED) is 0.572. The average Bonchev–Trinajstić information content (AvgIpc) is 3.19. The molecule has 1 aromatic heterocycles. The van der Waals surface area contributed by atoms with Crippen molar-refractivity contribution in [1.29, 1.82) is 0 Å². The van der Waals surface area contributed by atoms with Crippen molar-refractivity contribution >= 4 is 16.9 Å². The Morgan fingerprint density at radius 2 is 2.32 bits per heavy atom. The lowest BCUT2D eigenvalue weighted by Crippen LogP contribution is -2.27. The average molecular weight is 346 g/mol. The zero-order valence-corrected chi connectivity index (χ0v) is 13.9. The number of hydroxylamine groups is 1. The summed E-state index contributed by atoms with van der Waals surface area (Å²) in [5.74, 6) is 0.0197. The fourth-order valence-electron chi connectivity index (χ4n) is 2.80. The van der Waals surface area contributed by atoms with Crippen molar-refractivity contribution in [3.8, 4) is 0 Å². The van der Waals surface area contributed by atoms with E-state index in [-0.39, 0.29) is 24.2 Å². The largest absolute Gasteiger partial charge is 0.340 e. The van der Waals surface area contributed by atoms with Gasteiger partial charge in [-0.05, 0) is 30.2 Å². The molecule has 0 fully saturated rings. The van der Waals surface area contributed by atoms with Crippen LogP contribution in [0, 0.1) is 11.7 Å². The molecule has 1 aromatic carbocycles. The number of H-pyrrole nitrogens is 1. The number of hydrogen-bond donors (Lipinski definition) is 3. The van der Waals surface area contributed by atoms with Gasteiger partial charge in [-0.25, -0.2) is 14.9 Å². The molecule has 25 heavy (non-hydrogen) atoms. The van der Waals surface area contributed by atoms with Gasteiger partial charge in [-0.1, -0.05) is 19.1 Å². The van der Waals surface area contributed by atoms with Gasteiger partial charge in [-0.2, -0.15) is 0 Å². The number of fused-ring (bicyclic) bond motifs is 1. The number of benzene rings is 1. The molecule has 2 aromatic rings. The molecule has 1 aliphatic rings. The number of nitrogens with one attached hydrogen (secondary N) is 2. The van der Waals surface area contributed by atoms with Crippen LogP contribution in [0.1, 0.15) is 32.1 Å². The van der Waals surface area contributed by atoms with Crippen molar-refractivity contribution in [2.24, 2.45) is 16.3 Å². The highest BCUT2D eigenvalue weighted by atomic mass is 19.1. The van der Waals surface area contributed by atoms with Gasteiger partial charge in [0.25, 0.3) is 0 Å². The van der Waals surface area contributed by atoms with E-state index in [4.69, 9.17) is 5.21 Å². The number of aromatic nitrogens is 2. The summed E-state index contributed by atoms with van der Waals surface area (Å²) < 4.78 is 13.4. The molecule has 1 aliphatic heterocycles. The minimum Gasteiger partial charge on any atom is -0.340 e. The Bertz CT molecular complexity index is 844. The first-order valence-corrected chi connectivity index (χ1v) is 7.93.